The van der Waals surface area contributed by atoms with Gasteiger partial charge in [-0.2, -0.15) is 0 Å². The molecule has 0 spiro atoms. The van der Waals surface area contributed by atoms with Crippen molar-refractivity contribution in [2.45, 2.75) is 12.5 Å². The summed E-state index contributed by atoms with van der Waals surface area (Å²) < 4.78 is 10.7. The zero-order valence-electron chi connectivity index (χ0n) is 16.4. The highest BCUT2D eigenvalue weighted by atomic mass is 35.5. The fourth-order valence-electron chi connectivity index (χ4n) is 3.91. The fourth-order valence-corrected chi connectivity index (χ4v) is 4.15. The molecule has 1 unspecified atom stereocenters. The van der Waals surface area contributed by atoms with Crippen LogP contribution in [0.5, 0.6) is 11.5 Å². The monoisotopic (exact) mass is 407 g/mol. The van der Waals surface area contributed by atoms with E-state index in [1.807, 2.05) is 41.3 Å². The average Bonchev–Trinajstić information content (AvgIpc) is 2.78. The van der Waals surface area contributed by atoms with Gasteiger partial charge in [-0.05, 0) is 41.3 Å². The summed E-state index contributed by atoms with van der Waals surface area (Å²) in [5.74, 6) is 1.08. The molecule has 0 saturated heterocycles. The molecule has 0 saturated carbocycles. The molecule has 4 nitrogen and oxygen atoms in total. The number of hydrogen-bond donors (Lipinski definition) is 0. The molecule has 0 radical (unpaired) electrons. The molecular formula is C24H22ClNO3. The van der Waals surface area contributed by atoms with Crippen molar-refractivity contribution in [2.24, 2.45) is 0 Å². The van der Waals surface area contributed by atoms with E-state index in [0.29, 0.717) is 28.6 Å². The number of ether oxygens (including phenoxy) is 2. The molecule has 1 heterocycles. The van der Waals surface area contributed by atoms with E-state index in [1.54, 1.807) is 32.4 Å². The second-order valence-electron chi connectivity index (χ2n) is 6.97. The van der Waals surface area contributed by atoms with Crippen LogP contribution in [0.3, 0.4) is 0 Å². The number of halogens is 1. The highest BCUT2D eigenvalue weighted by Crippen LogP contribution is 2.39. The molecule has 0 bridgehead atoms. The van der Waals surface area contributed by atoms with Crippen LogP contribution in [0, 0.1) is 0 Å². The first-order valence-corrected chi connectivity index (χ1v) is 9.86. The van der Waals surface area contributed by atoms with Gasteiger partial charge in [-0.25, -0.2) is 0 Å². The van der Waals surface area contributed by atoms with Crippen LogP contribution in [0.2, 0.25) is 5.02 Å². The van der Waals surface area contributed by atoms with Crippen LogP contribution in [0.4, 0.5) is 0 Å². The molecule has 3 aromatic rings. The number of carbonyl (C=O) groups is 1. The molecule has 29 heavy (non-hydrogen) atoms. The number of methoxy groups -OCH3 is 2. The lowest BCUT2D eigenvalue weighted by molar-refractivity contribution is 0.0694. The summed E-state index contributed by atoms with van der Waals surface area (Å²) in [4.78, 5) is 15.5. The van der Waals surface area contributed by atoms with Gasteiger partial charge in [0, 0.05) is 23.2 Å². The number of nitrogens with zero attached hydrogens (tertiary/aromatic N) is 1. The van der Waals surface area contributed by atoms with Gasteiger partial charge in [-0.1, -0.05) is 54.1 Å². The van der Waals surface area contributed by atoms with Gasteiger partial charge < -0.3 is 14.4 Å². The van der Waals surface area contributed by atoms with Gasteiger partial charge in [-0.15, -0.1) is 0 Å². The van der Waals surface area contributed by atoms with E-state index >= 15 is 0 Å². The van der Waals surface area contributed by atoms with Crippen molar-refractivity contribution in [3.05, 3.63) is 94.0 Å². The third kappa shape index (κ3) is 3.68. The topological polar surface area (TPSA) is 38.8 Å². The number of carbonyl (C=O) groups excluding carboxylic acids is 1. The molecule has 1 aliphatic rings. The zero-order chi connectivity index (χ0) is 20.4. The summed E-state index contributed by atoms with van der Waals surface area (Å²) >= 11 is 6.56. The molecule has 4 rings (SSSR count). The average molecular weight is 408 g/mol. The first kappa shape index (κ1) is 19.3. The van der Waals surface area contributed by atoms with Crippen molar-refractivity contribution in [3.63, 3.8) is 0 Å². The van der Waals surface area contributed by atoms with Crippen molar-refractivity contribution < 1.29 is 14.3 Å². The molecule has 148 valence electrons. The Morgan fingerprint density at radius 2 is 1.55 bits per heavy atom. The number of benzene rings is 3. The van der Waals surface area contributed by atoms with Gasteiger partial charge in [0.15, 0.2) is 0 Å². The Balaban J connectivity index is 1.82. The third-order valence-electron chi connectivity index (χ3n) is 5.34. The maximum Gasteiger partial charge on any atom is 0.254 e. The lowest BCUT2D eigenvalue weighted by Gasteiger charge is -2.38. The standard InChI is InChI=1S/C24H22ClNO3/c1-28-18-13-17(14-19(15-18)29-2)24(27)26-12-11-16-7-3-4-8-20(16)23(26)21-9-5-6-10-22(21)25/h3-10,13-15,23H,11-12H2,1-2H3. The van der Waals surface area contributed by atoms with Crippen molar-refractivity contribution in [1.82, 2.24) is 4.90 Å². The summed E-state index contributed by atoms with van der Waals surface area (Å²) in [6.07, 6.45) is 0.796. The van der Waals surface area contributed by atoms with E-state index in [4.69, 9.17) is 21.1 Å². The number of rotatable bonds is 4. The molecule has 1 amide bonds. The number of fused-ring (bicyclic) bond motifs is 1. The minimum Gasteiger partial charge on any atom is -0.497 e. The number of amides is 1. The summed E-state index contributed by atoms with van der Waals surface area (Å²) in [5, 5.41) is 0.648. The van der Waals surface area contributed by atoms with Crippen LogP contribution in [0.15, 0.2) is 66.7 Å². The van der Waals surface area contributed by atoms with Crippen molar-refractivity contribution in [1.29, 1.82) is 0 Å². The predicted octanol–water partition coefficient (Wildman–Crippen LogP) is 5.15. The normalized spacial score (nSPS) is 15.6. The van der Waals surface area contributed by atoms with E-state index in [-0.39, 0.29) is 11.9 Å². The van der Waals surface area contributed by atoms with Crippen molar-refractivity contribution in [2.75, 3.05) is 20.8 Å². The van der Waals surface area contributed by atoms with Gasteiger partial charge in [0.2, 0.25) is 0 Å². The minimum atomic E-state index is -0.252. The molecule has 0 aliphatic carbocycles. The lowest BCUT2D eigenvalue weighted by Crippen LogP contribution is -2.40. The maximum atomic E-state index is 13.6. The van der Waals surface area contributed by atoms with E-state index in [1.165, 1.54) is 5.56 Å². The summed E-state index contributed by atoms with van der Waals surface area (Å²) in [6.45, 7) is 0.602. The molecule has 0 fully saturated rings. The second-order valence-corrected chi connectivity index (χ2v) is 7.38. The van der Waals surface area contributed by atoms with Crippen LogP contribution >= 0.6 is 11.6 Å². The largest absolute Gasteiger partial charge is 0.497 e. The Kier molecular flexibility index (Phi) is 5.45. The van der Waals surface area contributed by atoms with Crippen LogP contribution in [0.25, 0.3) is 0 Å². The second kappa shape index (κ2) is 8.18. The van der Waals surface area contributed by atoms with Gasteiger partial charge in [-0.3, -0.25) is 4.79 Å². The summed E-state index contributed by atoms with van der Waals surface area (Å²) in [7, 11) is 3.15. The molecule has 1 atom stereocenters. The minimum absolute atomic E-state index is 0.0818. The highest BCUT2D eigenvalue weighted by molar-refractivity contribution is 6.31. The smallest absolute Gasteiger partial charge is 0.254 e. The van der Waals surface area contributed by atoms with E-state index < -0.39 is 0 Å². The fraction of sp³-hybridized carbons (Fsp3) is 0.208. The SMILES string of the molecule is COc1cc(OC)cc(C(=O)N2CCc3ccccc3C2c2ccccc2Cl)c1. The van der Waals surface area contributed by atoms with Crippen LogP contribution in [-0.4, -0.2) is 31.6 Å². The molecule has 1 aliphatic heterocycles. The molecule has 0 N–H and O–H groups in total. The highest BCUT2D eigenvalue weighted by Gasteiger charge is 2.33. The Hall–Kier alpha value is -2.98. The Morgan fingerprint density at radius 3 is 2.21 bits per heavy atom. The Labute approximate surface area is 175 Å². The predicted molar refractivity (Wildman–Crippen MR) is 114 cm³/mol. The first-order chi connectivity index (χ1) is 14.1. The van der Waals surface area contributed by atoms with Crippen LogP contribution < -0.4 is 9.47 Å². The van der Waals surface area contributed by atoms with Crippen LogP contribution in [-0.2, 0) is 6.42 Å². The van der Waals surface area contributed by atoms with Crippen molar-refractivity contribution >= 4 is 17.5 Å². The third-order valence-corrected chi connectivity index (χ3v) is 5.69. The van der Waals surface area contributed by atoms with E-state index in [2.05, 4.69) is 12.1 Å². The molecule has 3 aromatic carbocycles. The Bertz CT molecular complexity index is 1030. The first-order valence-electron chi connectivity index (χ1n) is 9.48. The number of hydrogen-bond acceptors (Lipinski definition) is 3. The zero-order valence-corrected chi connectivity index (χ0v) is 17.1. The molecule has 5 heteroatoms. The van der Waals surface area contributed by atoms with Gasteiger partial charge in [0.05, 0.1) is 20.3 Å². The van der Waals surface area contributed by atoms with E-state index in [9.17, 15) is 4.79 Å². The Morgan fingerprint density at radius 1 is 0.931 bits per heavy atom. The molecular weight excluding hydrogens is 386 g/mol. The summed E-state index contributed by atoms with van der Waals surface area (Å²) in [6, 6.07) is 20.9. The quantitative estimate of drug-likeness (QED) is 0.600. The summed E-state index contributed by atoms with van der Waals surface area (Å²) in [5.41, 5.74) is 3.79. The lowest BCUT2D eigenvalue weighted by atomic mass is 9.87. The van der Waals surface area contributed by atoms with Crippen molar-refractivity contribution in [3.8, 4) is 11.5 Å². The maximum absolute atomic E-state index is 13.6. The van der Waals surface area contributed by atoms with Gasteiger partial charge >= 0.3 is 0 Å². The van der Waals surface area contributed by atoms with E-state index in [0.717, 1.165) is 17.5 Å². The van der Waals surface area contributed by atoms with Gasteiger partial charge in [0.1, 0.15) is 11.5 Å². The van der Waals surface area contributed by atoms with Gasteiger partial charge in [0.25, 0.3) is 5.91 Å². The molecule has 0 aromatic heterocycles. The van der Waals surface area contributed by atoms with Crippen LogP contribution in [0.1, 0.15) is 33.1 Å².